The van der Waals surface area contributed by atoms with Crippen LogP contribution in [0.25, 0.3) is 11.1 Å². The third-order valence-corrected chi connectivity index (χ3v) is 3.91. The van der Waals surface area contributed by atoms with Gasteiger partial charge in [-0.05, 0) is 38.5 Å². The fraction of sp³-hybridized carbons (Fsp3) is 0.294. The van der Waals surface area contributed by atoms with Gasteiger partial charge in [-0.25, -0.2) is 9.59 Å². The van der Waals surface area contributed by atoms with Gasteiger partial charge < -0.3 is 14.6 Å². The van der Waals surface area contributed by atoms with Gasteiger partial charge in [-0.1, -0.05) is 12.1 Å². The molecule has 2 N–H and O–H groups in total. The fourth-order valence-corrected chi connectivity index (χ4v) is 3.03. The van der Waals surface area contributed by atoms with E-state index in [-0.39, 0.29) is 16.3 Å². The number of ether oxygens (including phenoxy) is 2. The molecule has 26 heavy (non-hydrogen) atoms. The van der Waals surface area contributed by atoms with Gasteiger partial charge in [0.05, 0.1) is 0 Å². The van der Waals surface area contributed by atoms with E-state index in [1.54, 1.807) is 26.2 Å². The summed E-state index contributed by atoms with van der Waals surface area (Å²) < 4.78 is 33.8. The lowest BCUT2D eigenvalue weighted by atomic mass is 10.0. The summed E-state index contributed by atoms with van der Waals surface area (Å²) in [6, 6.07) is 5.55. The number of alkyl halides is 2. The minimum atomic E-state index is -2.94. The average Bonchev–Trinajstić information content (AvgIpc) is 2.89. The third kappa shape index (κ3) is 5.16. The van der Waals surface area contributed by atoms with Crippen molar-refractivity contribution in [3.8, 4) is 16.9 Å². The summed E-state index contributed by atoms with van der Waals surface area (Å²) in [4.78, 5) is 23.5. The van der Waals surface area contributed by atoms with Crippen molar-refractivity contribution < 1.29 is 33.0 Å². The molecule has 1 amide bonds. The summed E-state index contributed by atoms with van der Waals surface area (Å²) in [5.41, 5.74) is -0.00767. The van der Waals surface area contributed by atoms with Crippen LogP contribution in [-0.2, 0) is 4.74 Å². The highest BCUT2D eigenvalue weighted by Crippen LogP contribution is 2.36. The van der Waals surface area contributed by atoms with Crippen molar-refractivity contribution in [3.05, 3.63) is 35.2 Å². The van der Waals surface area contributed by atoms with E-state index in [0.717, 1.165) is 11.3 Å². The summed E-state index contributed by atoms with van der Waals surface area (Å²) in [5, 5.41) is 13.6. The van der Waals surface area contributed by atoms with Crippen LogP contribution in [0, 0.1) is 0 Å². The molecule has 0 fully saturated rings. The van der Waals surface area contributed by atoms with E-state index >= 15 is 0 Å². The molecule has 0 saturated carbocycles. The number of rotatable bonds is 5. The number of carbonyl (C=O) groups is 2. The number of benzene rings is 1. The number of halogens is 2. The second-order valence-corrected chi connectivity index (χ2v) is 7.07. The number of hydrogen-bond donors (Lipinski definition) is 2. The Kier molecular flexibility index (Phi) is 5.81. The number of carboxylic acid groups (broad SMARTS) is 1. The first kappa shape index (κ1) is 19.6. The Labute approximate surface area is 152 Å². The Morgan fingerprint density at radius 1 is 1.19 bits per heavy atom. The number of amides is 1. The number of nitrogens with one attached hydrogen (secondary N) is 1. The predicted molar refractivity (Wildman–Crippen MR) is 93.2 cm³/mol. The van der Waals surface area contributed by atoms with Crippen LogP contribution in [0.4, 0.5) is 18.6 Å². The largest absolute Gasteiger partial charge is 0.478 e. The molecule has 0 radical (unpaired) electrons. The minimum Gasteiger partial charge on any atom is -0.478 e. The molecule has 2 rings (SSSR count). The monoisotopic (exact) mass is 385 g/mol. The Hall–Kier alpha value is -2.68. The summed E-state index contributed by atoms with van der Waals surface area (Å²) >= 11 is 1.02. The highest BCUT2D eigenvalue weighted by atomic mass is 32.1. The molecule has 0 unspecified atom stereocenters. The molecule has 1 heterocycles. The number of thiophene rings is 1. The van der Waals surface area contributed by atoms with E-state index in [0.29, 0.717) is 11.1 Å². The fourth-order valence-electron chi connectivity index (χ4n) is 2.09. The molecular weight excluding hydrogens is 368 g/mol. The molecular formula is C17H17F2NO5S. The number of carboxylic acids is 1. The Bertz CT molecular complexity index is 796. The van der Waals surface area contributed by atoms with Crippen molar-refractivity contribution >= 4 is 28.4 Å². The summed E-state index contributed by atoms with van der Waals surface area (Å²) in [5.74, 6) is -1.27. The van der Waals surface area contributed by atoms with Crippen LogP contribution in [0.15, 0.2) is 29.6 Å². The Morgan fingerprint density at radius 2 is 1.81 bits per heavy atom. The second-order valence-electron chi connectivity index (χ2n) is 6.19. The molecule has 0 aliphatic heterocycles. The zero-order valence-corrected chi connectivity index (χ0v) is 15.0. The third-order valence-electron chi connectivity index (χ3n) is 3.01. The molecule has 6 nitrogen and oxygen atoms in total. The van der Waals surface area contributed by atoms with Gasteiger partial charge >= 0.3 is 18.7 Å². The Balaban J connectivity index is 2.29. The first-order chi connectivity index (χ1) is 12.1. The van der Waals surface area contributed by atoms with E-state index < -0.39 is 24.3 Å². The van der Waals surface area contributed by atoms with Crippen molar-refractivity contribution in [3.63, 3.8) is 0 Å². The highest BCUT2D eigenvalue weighted by molar-refractivity contribution is 7.15. The quantitative estimate of drug-likeness (QED) is 0.751. The van der Waals surface area contributed by atoms with E-state index in [4.69, 9.17) is 4.74 Å². The molecule has 0 aliphatic carbocycles. The van der Waals surface area contributed by atoms with Gasteiger partial charge in [0.2, 0.25) is 0 Å². The van der Waals surface area contributed by atoms with Gasteiger partial charge in [-0.3, -0.25) is 5.32 Å². The summed E-state index contributed by atoms with van der Waals surface area (Å²) in [6.45, 7) is 2.12. The van der Waals surface area contributed by atoms with Crippen molar-refractivity contribution in [1.82, 2.24) is 0 Å². The number of anilines is 1. The van der Waals surface area contributed by atoms with Crippen LogP contribution in [0.2, 0.25) is 0 Å². The van der Waals surface area contributed by atoms with E-state index in [9.17, 15) is 23.5 Å². The zero-order chi connectivity index (χ0) is 19.5. The average molecular weight is 385 g/mol. The first-order valence-electron chi connectivity index (χ1n) is 7.47. The normalized spacial score (nSPS) is 11.3. The van der Waals surface area contributed by atoms with E-state index in [2.05, 4.69) is 10.1 Å². The summed E-state index contributed by atoms with van der Waals surface area (Å²) in [7, 11) is 0. The maximum absolute atomic E-state index is 12.2. The standard InChI is InChI=1S/C17H17F2NO5S/c1-17(2,3)25-16(23)20-13-12(14(21)22)11(8-26-13)9-4-6-10(7-5-9)24-15(18)19/h4-8,15H,1-3H3,(H,20,23)(H,21,22). The van der Waals surface area contributed by atoms with Crippen LogP contribution < -0.4 is 10.1 Å². The second kappa shape index (κ2) is 7.69. The molecule has 1 aromatic heterocycles. The van der Waals surface area contributed by atoms with Gasteiger partial charge in [0.15, 0.2) is 0 Å². The van der Waals surface area contributed by atoms with E-state index in [1.807, 2.05) is 0 Å². The van der Waals surface area contributed by atoms with Crippen molar-refractivity contribution in [2.75, 3.05) is 5.32 Å². The molecule has 2 aromatic rings. The smallest absolute Gasteiger partial charge is 0.412 e. The molecule has 0 bridgehead atoms. The SMILES string of the molecule is CC(C)(C)OC(=O)Nc1scc(-c2ccc(OC(F)F)cc2)c1C(=O)O. The van der Waals surface area contributed by atoms with E-state index in [1.165, 1.54) is 24.3 Å². The minimum absolute atomic E-state index is 0.0389. The number of aromatic carboxylic acids is 1. The van der Waals surface area contributed by atoms with Crippen molar-refractivity contribution in [2.24, 2.45) is 0 Å². The molecule has 0 spiro atoms. The lowest BCUT2D eigenvalue weighted by Crippen LogP contribution is -2.27. The lowest BCUT2D eigenvalue weighted by Gasteiger charge is -2.19. The lowest BCUT2D eigenvalue weighted by molar-refractivity contribution is -0.0498. The predicted octanol–water partition coefficient (Wildman–Crippen LogP) is 5.06. The van der Waals surface area contributed by atoms with Crippen molar-refractivity contribution in [1.29, 1.82) is 0 Å². The summed E-state index contributed by atoms with van der Waals surface area (Å²) in [6.07, 6.45) is -0.769. The van der Waals surface area contributed by atoms with Gasteiger partial charge in [0.25, 0.3) is 0 Å². The topological polar surface area (TPSA) is 84.9 Å². The van der Waals surface area contributed by atoms with Crippen LogP contribution in [0.3, 0.4) is 0 Å². The van der Waals surface area contributed by atoms with Crippen LogP contribution in [0.5, 0.6) is 5.75 Å². The van der Waals surface area contributed by atoms with Gasteiger partial charge in [0.1, 0.15) is 21.9 Å². The molecule has 0 saturated heterocycles. The zero-order valence-electron chi connectivity index (χ0n) is 14.2. The molecule has 0 atom stereocenters. The van der Waals surface area contributed by atoms with Crippen LogP contribution in [0.1, 0.15) is 31.1 Å². The number of hydrogen-bond acceptors (Lipinski definition) is 5. The molecule has 1 aromatic carbocycles. The van der Waals surface area contributed by atoms with Gasteiger partial charge in [-0.15, -0.1) is 11.3 Å². The van der Waals surface area contributed by atoms with Gasteiger partial charge in [0, 0.05) is 10.9 Å². The maximum atomic E-state index is 12.2. The van der Waals surface area contributed by atoms with Crippen LogP contribution in [-0.4, -0.2) is 29.4 Å². The van der Waals surface area contributed by atoms with Gasteiger partial charge in [-0.2, -0.15) is 8.78 Å². The van der Waals surface area contributed by atoms with Crippen LogP contribution >= 0.6 is 11.3 Å². The Morgan fingerprint density at radius 3 is 2.31 bits per heavy atom. The number of carbonyl (C=O) groups excluding carboxylic acids is 1. The maximum Gasteiger partial charge on any atom is 0.412 e. The van der Waals surface area contributed by atoms with Crippen molar-refractivity contribution in [2.45, 2.75) is 33.0 Å². The molecule has 9 heteroatoms. The molecule has 0 aliphatic rings. The molecule has 140 valence electrons. The first-order valence-corrected chi connectivity index (χ1v) is 8.35. The highest BCUT2D eigenvalue weighted by Gasteiger charge is 2.23.